The van der Waals surface area contributed by atoms with Crippen LogP contribution in [-0.4, -0.2) is 20.9 Å². The quantitative estimate of drug-likeness (QED) is 0.721. The molecular formula is C17H17IN2O3S. The van der Waals surface area contributed by atoms with E-state index in [-0.39, 0.29) is 10.8 Å². The molecule has 1 aliphatic rings. The largest absolute Gasteiger partial charge is 0.312 e. The van der Waals surface area contributed by atoms with Crippen molar-refractivity contribution in [3.05, 3.63) is 51.6 Å². The number of hydrogen-bond acceptors (Lipinski definition) is 3. The van der Waals surface area contributed by atoms with Gasteiger partial charge >= 0.3 is 0 Å². The fourth-order valence-electron chi connectivity index (χ4n) is 2.82. The first-order chi connectivity index (χ1) is 11.4. The summed E-state index contributed by atoms with van der Waals surface area (Å²) in [6, 6.07) is 12.2. The second-order valence-electron chi connectivity index (χ2n) is 5.65. The molecule has 24 heavy (non-hydrogen) atoms. The van der Waals surface area contributed by atoms with Gasteiger partial charge in [0.25, 0.3) is 10.0 Å². The Hall–Kier alpha value is -1.61. The van der Waals surface area contributed by atoms with Crippen LogP contribution in [0, 0.1) is 3.57 Å². The third kappa shape index (κ3) is 3.41. The van der Waals surface area contributed by atoms with Gasteiger partial charge in [-0.15, -0.1) is 0 Å². The number of hydrogen-bond donors (Lipinski definition) is 1. The molecule has 0 aliphatic carbocycles. The highest BCUT2D eigenvalue weighted by molar-refractivity contribution is 14.1. The van der Waals surface area contributed by atoms with Crippen molar-refractivity contribution in [2.24, 2.45) is 0 Å². The van der Waals surface area contributed by atoms with Crippen molar-refractivity contribution in [1.82, 2.24) is 0 Å². The molecule has 3 rings (SSSR count). The highest BCUT2D eigenvalue weighted by Gasteiger charge is 2.23. The van der Waals surface area contributed by atoms with E-state index < -0.39 is 10.0 Å². The average Bonchev–Trinajstić information content (AvgIpc) is 2.55. The van der Waals surface area contributed by atoms with Crippen LogP contribution in [0.15, 0.2) is 47.4 Å². The maximum Gasteiger partial charge on any atom is 0.261 e. The number of sulfonamides is 1. The molecule has 2 aromatic rings. The van der Waals surface area contributed by atoms with Gasteiger partial charge in [-0.05, 0) is 71.3 Å². The number of halogens is 1. The highest BCUT2D eigenvalue weighted by atomic mass is 127. The SMILES string of the molecule is CC(=O)N1CCCc2cc(S(=O)(=O)Nc3ccccc3I)ccc21. The molecule has 1 aliphatic heterocycles. The number of fused-ring (bicyclic) bond motifs is 1. The summed E-state index contributed by atoms with van der Waals surface area (Å²) in [5.74, 6) is -0.0245. The molecule has 5 nitrogen and oxygen atoms in total. The van der Waals surface area contributed by atoms with E-state index in [1.165, 1.54) is 6.92 Å². The Morgan fingerprint density at radius 2 is 1.96 bits per heavy atom. The molecule has 1 N–H and O–H groups in total. The molecule has 1 heterocycles. The lowest BCUT2D eigenvalue weighted by Crippen LogP contribution is -2.33. The van der Waals surface area contributed by atoms with Crippen molar-refractivity contribution in [3.8, 4) is 0 Å². The molecule has 0 aromatic heterocycles. The Balaban J connectivity index is 1.95. The third-order valence-corrected chi connectivity index (χ3v) is 6.28. The number of rotatable bonds is 3. The van der Waals surface area contributed by atoms with Crippen molar-refractivity contribution >= 4 is 49.9 Å². The Bertz CT molecular complexity index is 896. The summed E-state index contributed by atoms with van der Waals surface area (Å²) in [6.07, 6.45) is 1.60. The monoisotopic (exact) mass is 456 g/mol. The standard InChI is InChI=1S/C17H17IN2O3S/c1-12(21)20-10-4-5-13-11-14(8-9-17(13)20)24(22,23)19-16-7-3-2-6-15(16)18/h2-3,6-9,11,19H,4-5,10H2,1H3. The second-order valence-corrected chi connectivity index (χ2v) is 8.49. The summed E-state index contributed by atoms with van der Waals surface area (Å²) in [5, 5.41) is 0. The zero-order valence-electron chi connectivity index (χ0n) is 13.1. The molecule has 0 saturated heterocycles. The molecule has 0 unspecified atom stereocenters. The maximum atomic E-state index is 12.7. The van der Waals surface area contributed by atoms with Crippen molar-refractivity contribution in [2.75, 3.05) is 16.2 Å². The highest BCUT2D eigenvalue weighted by Crippen LogP contribution is 2.30. The van der Waals surface area contributed by atoms with Gasteiger partial charge < -0.3 is 4.90 Å². The summed E-state index contributed by atoms with van der Waals surface area (Å²) in [6.45, 7) is 2.20. The van der Waals surface area contributed by atoms with Crippen LogP contribution >= 0.6 is 22.6 Å². The molecule has 126 valence electrons. The van der Waals surface area contributed by atoms with E-state index in [0.717, 1.165) is 27.7 Å². The fraction of sp³-hybridized carbons (Fsp3) is 0.235. The molecule has 1 amide bonds. The van der Waals surface area contributed by atoms with Gasteiger partial charge in [0.1, 0.15) is 0 Å². The summed E-state index contributed by atoms with van der Waals surface area (Å²) < 4.78 is 28.8. The van der Waals surface area contributed by atoms with Crippen LogP contribution in [0.5, 0.6) is 0 Å². The van der Waals surface area contributed by atoms with Gasteiger partial charge in [0, 0.05) is 22.7 Å². The minimum absolute atomic E-state index is 0.0245. The number of aryl methyl sites for hydroxylation is 1. The zero-order valence-corrected chi connectivity index (χ0v) is 16.1. The number of nitrogens with one attached hydrogen (secondary N) is 1. The topological polar surface area (TPSA) is 66.5 Å². The van der Waals surface area contributed by atoms with Crippen LogP contribution in [0.4, 0.5) is 11.4 Å². The molecular weight excluding hydrogens is 439 g/mol. The Labute approximate surface area is 155 Å². The van der Waals surface area contributed by atoms with Gasteiger partial charge in [0.2, 0.25) is 5.91 Å². The van der Waals surface area contributed by atoms with Crippen LogP contribution in [0.3, 0.4) is 0 Å². The molecule has 2 aromatic carbocycles. The summed E-state index contributed by atoms with van der Waals surface area (Å²) in [7, 11) is -3.67. The van der Waals surface area contributed by atoms with Crippen LogP contribution in [0.2, 0.25) is 0 Å². The number of para-hydroxylation sites is 1. The molecule has 0 atom stereocenters. The van der Waals surface area contributed by atoms with Gasteiger partial charge in [0.05, 0.1) is 10.6 Å². The van der Waals surface area contributed by atoms with Crippen LogP contribution < -0.4 is 9.62 Å². The predicted molar refractivity (Wildman–Crippen MR) is 103 cm³/mol. The normalized spacial score (nSPS) is 14.2. The van der Waals surface area contributed by atoms with E-state index >= 15 is 0 Å². The number of benzene rings is 2. The lowest BCUT2D eigenvalue weighted by molar-refractivity contribution is -0.116. The van der Waals surface area contributed by atoms with Gasteiger partial charge in [0.15, 0.2) is 0 Å². The number of carbonyl (C=O) groups is 1. The molecule has 0 radical (unpaired) electrons. The molecule has 0 bridgehead atoms. The number of anilines is 2. The van der Waals surface area contributed by atoms with Crippen molar-refractivity contribution < 1.29 is 13.2 Å². The average molecular weight is 456 g/mol. The number of nitrogens with zero attached hydrogens (tertiary/aromatic N) is 1. The van der Waals surface area contributed by atoms with Gasteiger partial charge in [-0.1, -0.05) is 12.1 Å². The van der Waals surface area contributed by atoms with Crippen molar-refractivity contribution in [2.45, 2.75) is 24.7 Å². The smallest absolute Gasteiger partial charge is 0.261 e. The molecule has 7 heteroatoms. The summed E-state index contributed by atoms with van der Waals surface area (Å²) >= 11 is 2.09. The van der Waals surface area contributed by atoms with Crippen LogP contribution in [0.25, 0.3) is 0 Å². The van der Waals surface area contributed by atoms with E-state index in [0.29, 0.717) is 12.2 Å². The lowest BCUT2D eigenvalue weighted by atomic mass is 10.0. The van der Waals surface area contributed by atoms with E-state index in [1.54, 1.807) is 35.2 Å². The van der Waals surface area contributed by atoms with Crippen LogP contribution in [0.1, 0.15) is 18.9 Å². The van der Waals surface area contributed by atoms with E-state index in [1.807, 2.05) is 12.1 Å². The van der Waals surface area contributed by atoms with E-state index in [2.05, 4.69) is 27.3 Å². The summed E-state index contributed by atoms with van der Waals surface area (Å²) in [4.78, 5) is 13.6. The first-order valence-corrected chi connectivity index (χ1v) is 10.1. The lowest BCUT2D eigenvalue weighted by Gasteiger charge is -2.28. The third-order valence-electron chi connectivity index (χ3n) is 3.98. The van der Waals surface area contributed by atoms with Crippen molar-refractivity contribution in [3.63, 3.8) is 0 Å². The minimum Gasteiger partial charge on any atom is -0.312 e. The van der Waals surface area contributed by atoms with Gasteiger partial charge in [-0.2, -0.15) is 0 Å². The summed E-state index contributed by atoms with van der Waals surface area (Å²) in [5.41, 5.74) is 2.25. The maximum absolute atomic E-state index is 12.7. The van der Waals surface area contributed by atoms with Crippen LogP contribution in [-0.2, 0) is 21.2 Å². The second kappa shape index (κ2) is 6.72. The van der Waals surface area contributed by atoms with Crippen molar-refractivity contribution in [1.29, 1.82) is 0 Å². The number of carbonyl (C=O) groups excluding carboxylic acids is 1. The Morgan fingerprint density at radius 3 is 2.67 bits per heavy atom. The first kappa shape index (κ1) is 17.2. The predicted octanol–water partition coefficient (Wildman–Crippen LogP) is 3.39. The fourth-order valence-corrected chi connectivity index (χ4v) is 4.65. The van der Waals surface area contributed by atoms with Gasteiger partial charge in [-0.3, -0.25) is 9.52 Å². The zero-order chi connectivity index (χ0) is 17.3. The van der Waals surface area contributed by atoms with E-state index in [9.17, 15) is 13.2 Å². The molecule has 0 fully saturated rings. The first-order valence-electron chi connectivity index (χ1n) is 7.57. The Kier molecular flexibility index (Phi) is 4.82. The molecule has 0 spiro atoms. The Morgan fingerprint density at radius 1 is 1.21 bits per heavy atom. The number of amides is 1. The molecule has 0 saturated carbocycles. The van der Waals surface area contributed by atoms with Gasteiger partial charge in [-0.25, -0.2) is 8.42 Å². The minimum atomic E-state index is -3.67. The van der Waals surface area contributed by atoms with E-state index in [4.69, 9.17) is 0 Å².